The number of amides is 2. The minimum Gasteiger partial charge on any atom is -0.496 e. The predicted octanol–water partition coefficient (Wildman–Crippen LogP) is 3.62. The second kappa shape index (κ2) is 9.68. The number of rotatable bonds is 6. The van der Waals surface area contributed by atoms with Gasteiger partial charge < -0.3 is 19.9 Å². The maximum atomic E-state index is 12.6. The van der Waals surface area contributed by atoms with Gasteiger partial charge in [0.15, 0.2) is 0 Å². The lowest BCUT2D eigenvalue weighted by molar-refractivity contribution is 0.200. The van der Waals surface area contributed by atoms with Crippen molar-refractivity contribution in [1.82, 2.24) is 15.2 Å². The number of hydrogen-bond acceptors (Lipinski definition) is 5. The van der Waals surface area contributed by atoms with E-state index in [0.717, 1.165) is 48.0 Å². The van der Waals surface area contributed by atoms with Crippen LogP contribution in [0.2, 0.25) is 0 Å². The number of hydrogen-bond donors (Lipinski definition) is 1. The molecule has 1 aliphatic rings. The van der Waals surface area contributed by atoms with Crippen molar-refractivity contribution in [3.63, 3.8) is 0 Å². The van der Waals surface area contributed by atoms with E-state index in [4.69, 9.17) is 4.74 Å². The average Bonchev–Trinajstić information content (AvgIpc) is 2.74. The van der Waals surface area contributed by atoms with Gasteiger partial charge in [-0.1, -0.05) is 12.1 Å². The van der Waals surface area contributed by atoms with E-state index in [1.807, 2.05) is 55.9 Å². The molecule has 0 unspecified atom stereocenters. The van der Waals surface area contributed by atoms with Crippen molar-refractivity contribution in [2.75, 3.05) is 38.4 Å². The molecule has 0 aliphatic carbocycles. The Hall–Kier alpha value is -2.41. The fraction of sp³-hybridized carbons (Fsp3) is 0.429. The molecule has 1 N–H and O–H groups in total. The summed E-state index contributed by atoms with van der Waals surface area (Å²) >= 11 is 1.65. The lowest BCUT2D eigenvalue weighted by Crippen LogP contribution is -2.48. The third-order valence-electron chi connectivity index (χ3n) is 5.01. The lowest BCUT2D eigenvalue weighted by atomic mass is 10.1. The number of ether oxygens (including phenoxy) is 1. The second-order valence-corrected chi connectivity index (χ2v) is 7.79. The van der Waals surface area contributed by atoms with Gasteiger partial charge in [-0.05, 0) is 48.9 Å². The van der Waals surface area contributed by atoms with Crippen LogP contribution in [0.1, 0.15) is 18.4 Å². The van der Waals surface area contributed by atoms with Gasteiger partial charge in [0.25, 0.3) is 0 Å². The number of nitrogens with one attached hydrogen (secondary N) is 1. The van der Waals surface area contributed by atoms with Gasteiger partial charge in [-0.15, -0.1) is 11.8 Å². The fourth-order valence-electron chi connectivity index (χ4n) is 3.40. The van der Waals surface area contributed by atoms with Gasteiger partial charge in [0.2, 0.25) is 0 Å². The van der Waals surface area contributed by atoms with E-state index >= 15 is 0 Å². The van der Waals surface area contributed by atoms with Crippen molar-refractivity contribution in [2.24, 2.45) is 0 Å². The first-order valence-electron chi connectivity index (χ1n) is 9.49. The Bertz CT molecular complexity index is 779. The first kappa shape index (κ1) is 20.3. The molecule has 0 radical (unpaired) electrons. The molecule has 0 bridgehead atoms. The molecule has 2 aromatic rings. The van der Waals surface area contributed by atoms with E-state index in [-0.39, 0.29) is 12.1 Å². The number of urea groups is 1. The highest BCUT2D eigenvalue weighted by Crippen LogP contribution is 2.28. The number of carbonyl (C=O) groups is 1. The Kier molecular flexibility index (Phi) is 7.03. The van der Waals surface area contributed by atoms with Crippen LogP contribution in [0.4, 0.5) is 10.6 Å². The molecule has 0 atom stereocenters. The Labute approximate surface area is 171 Å². The number of thioether (sulfide) groups is 1. The van der Waals surface area contributed by atoms with E-state index in [9.17, 15) is 4.79 Å². The molecule has 1 aliphatic heterocycles. The number of methoxy groups -OCH3 is 1. The third kappa shape index (κ3) is 5.10. The zero-order valence-corrected chi connectivity index (χ0v) is 17.5. The number of nitrogens with zero attached hydrogens (tertiary/aromatic N) is 3. The maximum absolute atomic E-state index is 12.6. The minimum atomic E-state index is -0.0378. The van der Waals surface area contributed by atoms with Crippen LogP contribution < -0.4 is 15.0 Å². The molecule has 7 heteroatoms. The van der Waals surface area contributed by atoms with E-state index < -0.39 is 0 Å². The number of aromatic nitrogens is 1. The quantitative estimate of drug-likeness (QED) is 0.751. The normalized spacial score (nSPS) is 14.6. The topological polar surface area (TPSA) is 57.7 Å². The molecule has 28 heavy (non-hydrogen) atoms. The zero-order chi connectivity index (χ0) is 19.9. The van der Waals surface area contributed by atoms with Crippen LogP contribution in [0.5, 0.6) is 5.75 Å². The fourth-order valence-corrected chi connectivity index (χ4v) is 3.95. The van der Waals surface area contributed by atoms with E-state index in [2.05, 4.69) is 15.2 Å². The van der Waals surface area contributed by atoms with Crippen LogP contribution in [0.3, 0.4) is 0 Å². The van der Waals surface area contributed by atoms with Gasteiger partial charge in [-0.3, -0.25) is 0 Å². The maximum Gasteiger partial charge on any atom is 0.317 e. The summed E-state index contributed by atoms with van der Waals surface area (Å²) in [7, 11) is 3.50. The minimum absolute atomic E-state index is 0.0378. The summed E-state index contributed by atoms with van der Waals surface area (Å²) in [5.41, 5.74) is 1.05. The SMILES string of the molecule is COc1cc(CN(C)C(=O)NC2CCN(c3ccccn3)CC2)ccc1SC. The van der Waals surface area contributed by atoms with Gasteiger partial charge in [0.1, 0.15) is 11.6 Å². The predicted molar refractivity (Wildman–Crippen MR) is 114 cm³/mol. The Morgan fingerprint density at radius 1 is 1.32 bits per heavy atom. The van der Waals surface area contributed by atoms with Gasteiger partial charge >= 0.3 is 6.03 Å². The second-order valence-electron chi connectivity index (χ2n) is 6.94. The average molecular weight is 401 g/mol. The van der Waals surface area contributed by atoms with Crippen molar-refractivity contribution in [3.05, 3.63) is 48.2 Å². The van der Waals surface area contributed by atoms with Crippen molar-refractivity contribution in [2.45, 2.75) is 30.3 Å². The van der Waals surface area contributed by atoms with Crippen molar-refractivity contribution in [3.8, 4) is 5.75 Å². The first-order chi connectivity index (χ1) is 13.6. The smallest absolute Gasteiger partial charge is 0.317 e. The molecular formula is C21H28N4O2S. The van der Waals surface area contributed by atoms with E-state index in [1.54, 1.807) is 23.8 Å². The molecule has 3 rings (SSSR count). The summed E-state index contributed by atoms with van der Waals surface area (Å²) < 4.78 is 5.44. The summed E-state index contributed by atoms with van der Waals surface area (Å²) in [6.07, 6.45) is 5.69. The summed E-state index contributed by atoms with van der Waals surface area (Å²) in [4.78, 5) is 22.1. The molecule has 1 fully saturated rings. The zero-order valence-electron chi connectivity index (χ0n) is 16.7. The van der Waals surface area contributed by atoms with Crippen LogP contribution >= 0.6 is 11.8 Å². The van der Waals surface area contributed by atoms with E-state index in [1.165, 1.54) is 0 Å². The number of piperidine rings is 1. The van der Waals surface area contributed by atoms with Crippen LogP contribution in [0.15, 0.2) is 47.5 Å². The largest absolute Gasteiger partial charge is 0.496 e. The number of pyridine rings is 1. The molecule has 0 saturated carbocycles. The molecule has 1 aromatic carbocycles. The lowest BCUT2D eigenvalue weighted by Gasteiger charge is -2.34. The number of benzene rings is 1. The highest BCUT2D eigenvalue weighted by molar-refractivity contribution is 7.98. The van der Waals surface area contributed by atoms with Crippen molar-refractivity contribution >= 4 is 23.6 Å². The highest BCUT2D eigenvalue weighted by Gasteiger charge is 2.22. The van der Waals surface area contributed by atoms with E-state index in [0.29, 0.717) is 6.54 Å². The molecule has 0 spiro atoms. The number of carbonyl (C=O) groups excluding carboxylic acids is 1. The molecule has 150 valence electrons. The monoisotopic (exact) mass is 400 g/mol. The summed E-state index contributed by atoms with van der Waals surface area (Å²) in [6, 6.07) is 12.2. The molecule has 2 heterocycles. The standard InChI is InChI=1S/C21H28N4O2S/c1-24(15-16-7-8-19(28-3)18(14-16)27-2)21(26)23-17-9-12-25(13-10-17)20-6-4-5-11-22-20/h4-8,11,14,17H,9-10,12-13,15H2,1-3H3,(H,23,26). The summed E-state index contributed by atoms with van der Waals surface area (Å²) in [5.74, 6) is 1.85. The van der Waals surface area contributed by atoms with Crippen molar-refractivity contribution in [1.29, 1.82) is 0 Å². The molecule has 1 aromatic heterocycles. The summed E-state index contributed by atoms with van der Waals surface area (Å²) in [6.45, 7) is 2.35. The first-order valence-corrected chi connectivity index (χ1v) is 10.7. The van der Waals surface area contributed by atoms with Crippen LogP contribution in [-0.4, -0.2) is 55.5 Å². The molecule has 1 saturated heterocycles. The van der Waals surface area contributed by atoms with Gasteiger partial charge in [0, 0.05) is 43.8 Å². The Morgan fingerprint density at radius 2 is 2.11 bits per heavy atom. The molecule has 6 nitrogen and oxygen atoms in total. The highest BCUT2D eigenvalue weighted by atomic mass is 32.2. The Morgan fingerprint density at radius 3 is 2.75 bits per heavy atom. The Balaban J connectivity index is 1.50. The third-order valence-corrected chi connectivity index (χ3v) is 5.79. The van der Waals surface area contributed by atoms with Crippen molar-refractivity contribution < 1.29 is 9.53 Å². The van der Waals surface area contributed by atoms with Crippen LogP contribution in [-0.2, 0) is 6.54 Å². The number of anilines is 1. The molecular weight excluding hydrogens is 372 g/mol. The van der Waals surface area contributed by atoms with Gasteiger partial charge in [0.05, 0.1) is 7.11 Å². The van der Waals surface area contributed by atoms with Crippen LogP contribution in [0.25, 0.3) is 0 Å². The summed E-state index contributed by atoms with van der Waals surface area (Å²) in [5, 5.41) is 3.17. The van der Waals surface area contributed by atoms with Gasteiger partial charge in [-0.25, -0.2) is 9.78 Å². The molecule has 2 amide bonds. The van der Waals surface area contributed by atoms with Crippen LogP contribution in [0, 0.1) is 0 Å². The van der Waals surface area contributed by atoms with Gasteiger partial charge in [-0.2, -0.15) is 0 Å².